The maximum Gasteiger partial charge on any atom is 0.324 e. The highest BCUT2D eigenvalue weighted by atomic mass is 16.9. The lowest BCUT2D eigenvalue weighted by Gasteiger charge is -2.41. The van der Waals surface area contributed by atoms with Crippen molar-refractivity contribution < 1.29 is 33.3 Å². The summed E-state index contributed by atoms with van der Waals surface area (Å²) in [6, 6.07) is 0. The van der Waals surface area contributed by atoms with Crippen molar-refractivity contribution in [3.05, 3.63) is 0 Å². The molecule has 1 rings (SSSR count). The van der Waals surface area contributed by atoms with Crippen molar-refractivity contribution in [1.82, 2.24) is 0 Å². The lowest BCUT2D eigenvalue weighted by Crippen LogP contribution is -2.58. The molecule has 1 aliphatic rings. The Kier molecular flexibility index (Phi) is 6.07. The Morgan fingerprint density at radius 1 is 1.15 bits per heavy atom. The Morgan fingerprint density at radius 3 is 2.20 bits per heavy atom. The molecule has 0 unspecified atom stereocenters. The number of Topliss-reactive ketones (excluding diaryl/α,β-unsaturated/α-hetero) is 1. The second-order valence-corrected chi connectivity index (χ2v) is 4.53. The molecule has 0 spiro atoms. The smallest absolute Gasteiger partial charge is 0.324 e. The van der Waals surface area contributed by atoms with Crippen LogP contribution in [-0.2, 0) is 33.3 Å². The molecule has 20 heavy (non-hydrogen) atoms. The van der Waals surface area contributed by atoms with E-state index in [-0.39, 0.29) is 26.4 Å². The second-order valence-electron chi connectivity index (χ2n) is 4.53. The summed E-state index contributed by atoms with van der Waals surface area (Å²) < 4.78 is 25.9. The molecule has 0 N–H and O–H groups in total. The van der Waals surface area contributed by atoms with Crippen LogP contribution in [-0.4, -0.2) is 57.9 Å². The Hall–Kier alpha value is -1.02. The molecule has 0 atom stereocenters. The van der Waals surface area contributed by atoms with Gasteiger partial charge in [-0.1, -0.05) is 0 Å². The molecule has 0 saturated carbocycles. The van der Waals surface area contributed by atoms with Gasteiger partial charge in [-0.3, -0.25) is 9.59 Å². The van der Waals surface area contributed by atoms with Gasteiger partial charge in [0.25, 0.3) is 5.97 Å². The fraction of sp³-hybridized carbons (Fsp3) is 0.846. The molecule has 7 nitrogen and oxygen atoms in total. The quantitative estimate of drug-likeness (QED) is 0.499. The first kappa shape index (κ1) is 17.0. The van der Waals surface area contributed by atoms with Gasteiger partial charge in [0.05, 0.1) is 19.8 Å². The number of hydrogen-bond acceptors (Lipinski definition) is 7. The standard InChI is InChI=1S/C13H22O7/c1-5-17-11(15)13(10(14)7-16-4)8-19-12(3,18-6-2)20-9-13/h5-9H2,1-4H3. The van der Waals surface area contributed by atoms with Gasteiger partial charge in [-0.2, -0.15) is 0 Å². The van der Waals surface area contributed by atoms with Gasteiger partial charge in [0, 0.05) is 20.6 Å². The SMILES string of the molecule is CCOC(=O)C1(C(=O)COC)COC(C)(OCC)OC1. The molecule has 0 amide bonds. The lowest BCUT2D eigenvalue weighted by atomic mass is 9.84. The summed E-state index contributed by atoms with van der Waals surface area (Å²) in [6.07, 6.45) is 0. The fourth-order valence-electron chi connectivity index (χ4n) is 1.87. The molecule has 0 aromatic carbocycles. The number of carbonyl (C=O) groups excluding carboxylic acids is 2. The summed E-state index contributed by atoms with van der Waals surface area (Å²) in [5.41, 5.74) is -1.50. The highest BCUT2D eigenvalue weighted by molar-refractivity contribution is 6.05. The molecule has 1 aliphatic heterocycles. The minimum Gasteiger partial charge on any atom is -0.465 e. The van der Waals surface area contributed by atoms with Crippen molar-refractivity contribution >= 4 is 11.8 Å². The first-order valence-corrected chi connectivity index (χ1v) is 6.55. The molecule has 7 heteroatoms. The molecular weight excluding hydrogens is 268 g/mol. The molecule has 0 bridgehead atoms. The van der Waals surface area contributed by atoms with Crippen LogP contribution in [0.3, 0.4) is 0 Å². The van der Waals surface area contributed by atoms with E-state index in [4.69, 9.17) is 23.7 Å². The molecule has 0 aliphatic carbocycles. The third-order valence-corrected chi connectivity index (χ3v) is 3.04. The summed E-state index contributed by atoms with van der Waals surface area (Å²) in [6.45, 7) is 5.07. The molecule has 0 aromatic heterocycles. The molecular formula is C13H22O7. The Balaban J connectivity index is 2.88. The molecule has 1 saturated heterocycles. The van der Waals surface area contributed by atoms with E-state index >= 15 is 0 Å². The third-order valence-electron chi connectivity index (χ3n) is 3.04. The second kappa shape index (κ2) is 7.12. The minimum atomic E-state index is -1.50. The normalized spacial score (nSPS) is 30.0. The van der Waals surface area contributed by atoms with Crippen molar-refractivity contribution in [2.24, 2.45) is 5.41 Å². The minimum absolute atomic E-state index is 0.162. The van der Waals surface area contributed by atoms with Crippen LogP contribution in [0.5, 0.6) is 0 Å². The van der Waals surface area contributed by atoms with Gasteiger partial charge >= 0.3 is 5.97 Å². The summed E-state index contributed by atoms with van der Waals surface area (Å²) in [5, 5.41) is 0. The number of rotatable bonds is 7. The summed E-state index contributed by atoms with van der Waals surface area (Å²) in [5.74, 6) is -2.35. The predicted molar refractivity (Wildman–Crippen MR) is 67.9 cm³/mol. The molecule has 116 valence electrons. The van der Waals surface area contributed by atoms with Gasteiger partial charge in [0.1, 0.15) is 6.61 Å². The van der Waals surface area contributed by atoms with E-state index < -0.39 is 23.1 Å². The maximum absolute atomic E-state index is 12.2. The fourth-order valence-corrected chi connectivity index (χ4v) is 1.87. The highest BCUT2D eigenvalue weighted by Crippen LogP contribution is 2.33. The average Bonchev–Trinajstić information content (AvgIpc) is 2.40. The largest absolute Gasteiger partial charge is 0.465 e. The molecule has 0 radical (unpaired) electrons. The van der Waals surface area contributed by atoms with Gasteiger partial charge in [-0.05, 0) is 13.8 Å². The Bertz CT molecular complexity index is 325. The van der Waals surface area contributed by atoms with Gasteiger partial charge < -0.3 is 23.7 Å². The van der Waals surface area contributed by atoms with Gasteiger partial charge in [0.2, 0.25) is 0 Å². The number of esters is 1. The van der Waals surface area contributed by atoms with Crippen LogP contribution in [0.25, 0.3) is 0 Å². The summed E-state index contributed by atoms with van der Waals surface area (Å²) >= 11 is 0. The van der Waals surface area contributed by atoms with Crippen LogP contribution in [0.4, 0.5) is 0 Å². The number of carbonyl (C=O) groups is 2. The lowest BCUT2D eigenvalue weighted by molar-refractivity contribution is -0.402. The topological polar surface area (TPSA) is 80.3 Å². The van der Waals surface area contributed by atoms with Gasteiger partial charge in [-0.25, -0.2) is 0 Å². The van der Waals surface area contributed by atoms with E-state index in [0.29, 0.717) is 6.61 Å². The van der Waals surface area contributed by atoms with Crippen molar-refractivity contribution in [3.63, 3.8) is 0 Å². The highest BCUT2D eigenvalue weighted by Gasteiger charge is 2.54. The zero-order valence-electron chi connectivity index (χ0n) is 12.4. The van der Waals surface area contributed by atoms with Crippen LogP contribution in [0.15, 0.2) is 0 Å². The molecule has 1 heterocycles. The summed E-state index contributed by atoms with van der Waals surface area (Å²) in [7, 11) is 1.38. The van der Waals surface area contributed by atoms with Gasteiger partial charge in [-0.15, -0.1) is 0 Å². The van der Waals surface area contributed by atoms with E-state index in [2.05, 4.69) is 0 Å². The monoisotopic (exact) mass is 290 g/mol. The molecule has 0 aromatic rings. The van der Waals surface area contributed by atoms with Crippen molar-refractivity contribution in [2.75, 3.05) is 40.1 Å². The number of methoxy groups -OCH3 is 1. The van der Waals surface area contributed by atoms with Crippen molar-refractivity contribution in [3.8, 4) is 0 Å². The zero-order chi connectivity index (χ0) is 15.2. The maximum atomic E-state index is 12.2. The van der Waals surface area contributed by atoms with Crippen LogP contribution >= 0.6 is 0 Å². The summed E-state index contributed by atoms with van der Waals surface area (Å²) in [4.78, 5) is 24.3. The van der Waals surface area contributed by atoms with Crippen molar-refractivity contribution in [2.45, 2.75) is 26.7 Å². The van der Waals surface area contributed by atoms with E-state index in [9.17, 15) is 9.59 Å². The van der Waals surface area contributed by atoms with Crippen molar-refractivity contribution in [1.29, 1.82) is 0 Å². The Morgan fingerprint density at radius 2 is 1.75 bits per heavy atom. The van der Waals surface area contributed by atoms with Crippen LogP contribution in [0, 0.1) is 5.41 Å². The number of ketones is 1. The van der Waals surface area contributed by atoms with Gasteiger partial charge in [0.15, 0.2) is 11.2 Å². The zero-order valence-corrected chi connectivity index (χ0v) is 12.4. The van der Waals surface area contributed by atoms with Crippen LogP contribution in [0.1, 0.15) is 20.8 Å². The van der Waals surface area contributed by atoms with Crippen LogP contribution in [0.2, 0.25) is 0 Å². The first-order chi connectivity index (χ1) is 9.44. The van der Waals surface area contributed by atoms with E-state index in [1.54, 1.807) is 20.8 Å². The Labute approximate surface area is 118 Å². The van der Waals surface area contributed by atoms with E-state index in [0.717, 1.165) is 0 Å². The van der Waals surface area contributed by atoms with E-state index in [1.165, 1.54) is 7.11 Å². The number of ether oxygens (including phenoxy) is 5. The first-order valence-electron chi connectivity index (χ1n) is 6.55. The van der Waals surface area contributed by atoms with Crippen LogP contribution < -0.4 is 0 Å². The number of hydrogen-bond donors (Lipinski definition) is 0. The molecule has 1 fully saturated rings. The third kappa shape index (κ3) is 3.54. The predicted octanol–water partition coefficient (Wildman–Crippen LogP) is 0.508. The average molecular weight is 290 g/mol. The van der Waals surface area contributed by atoms with E-state index in [1.807, 2.05) is 0 Å².